The van der Waals surface area contributed by atoms with Gasteiger partial charge in [-0.3, -0.25) is 0 Å². The molecule has 1 rings (SSSR count). The van der Waals surface area contributed by atoms with Gasteiger partial charge in [-0.05, 0) is 18.2 Å². The molecule has 1 unspecified atom stereocenters. The van der Waals surface area contributed by atoms with Gasteiger partial charge in [0.25, 0.3) is 0 Å². The van der Waals surface area contributed by atoms with E-state index < -0.39 is 11.9 Å². The maximum absolute atomic E-state index is 13.1. The molecule has 0 saturated carbocycles. The number of benzene rings is 1. The Kier molecular flexibility index (Phi) is 5.90. The predicted octanol–water partition coefficient (Wildman–Crippen LogP) is 1.53. The van der Waals surface area contributed by atoms with Crippen molar-refractivity contribution < 1.29 is 23.7 Å². The minimum absolute atomic E-state index is 0.0726. The lowest BCUT2D eigenvalue weighted by Crippen LogP contribution is -2.11. The second-order valence-corrected chi connectivity index (χ2v) is 3.47. The van der Waals surface area contributed by atoms with Crippen LogP contribution < -0.4 is 4.74 Å². The van der Waals surface area contributed by atoms with Crippen molar-refractivity contribution in [3.8, 4) is 5.75 Å². The minimum atomic E-state index is -0.919. The third kappa shape index (κ3) is 4.30. The molecule has 0 radical (unpaired) electrons. The summed E-state index contributed by atoms with van der Waals surface area (Å²) in [6.07, 6.45) is -0.919. The van der Waals surface area contributed by atoms with Crippen molar-refractivity contribution in [2.45, 2.75) is 6.10 Å². The zero-order valence-corrected chi connectivity index (χ0v) is 9.98. The lowest BCUT2D eigenvalue weighted by molar-refractivity contribution is 0.0117. The van der Waals surface area contributed by atoms with Crippen LogP contribution in [0.25, 0.3) is 0 Å². The lowest BCUT2D eigenvalue weighted by Gasteiger charge is -2.15. The van der Waals surface area contributed by atoms with E-state index in [9.17, 15) is 9.50 Å². The molecule has 1 N–H and O–H groups in total. The highest BCUT2D eigenvalue weighted by atomic mass is 19.1. The highest BCUT2D eigenvalue weighted by Crippen LogP contribution is 2.26. The van der Waals surface area contributed by atoms with Crippen LogP contribution in [0.5, 0.6) is 5.75 Å². The van der Waals surface area contributed by atoms with Gasteiger partial charge in [0.2, 0.25) is 0 Å². The maximum Gasteiger partial charge on any atom is 0.124 e. The van der Waals surface area contributed by atoms with Crippen molar-refractivity contribution in [2.75, 3.05) is 34.0 Å². The van der Waals surface area contributed by atoms with E-state index in [0.717, 1.165) is 0 Å². The van der Waals surface area contributed by atoms with Crippen molar-refractivity contribution in [1.29, 1.82) is 0 Å². The van der Waals surface area contributed by atoms with Crippen LogP contribution >= 0.6 is 0 Å². The van der Waals surface area contributed by atoms with Gasteiger partial charge in [-0.15, -0.1) is 0 Å². The average Bonchev–Trinajstić information content (AvgIpc) is 2.34. The second-order valence-electron chi connectivity index (χ2n) is 3.47. The Morgan fingerprint density at radius 3 is 2.71 bits per heavy atom. The quantitative estimate of drug-likeness (QED) is 0.739. The Morgan fingerprint density at radius 1 is 1.29 bits per heavy atom. The van der Waals surface area contributed by atoms with E-state index in [2.05, 4.69) is 0 Å². The second kappa shape index (κ2) is 7.21. The fourth-order valence-corrected chi connectivity index (χ4v) is 1.39. The van der Waals surface area contributed by atoms with Crippen LogP contribution in [-0.4, -0.2) is 39.1 Å². The molecule has 0 amide bonds. The molecule has 96 valence electrons. The van der Waals surface area contributed by atoms with Gasteiger partial charge in [0, 0.05) is 12.7 Å². The van der Waals surface area contributed by atoms with E-state index in [1.54, 1.807) is 7.11 Å². The molecule has 0 saturated heterocycles. The van der Waals surface area contributed by atoms with E-state index in [-0.39, 0.29) is 6.61 Å². The van der Waals surface area contributed by atoms with Crippen LogP contribution in [0.2, 0.25) is 0 Å². The summed E-state index contributed by atoms with van der Waals surface area (Å²) in [5, 5.41) is 9.84. The first-order valence-corrected chi connectivity index (χ1v) is 5.27. The molecule has 0 spiro atoms. The molecular formula is C12H17FO4. The zero-order chi connectivity index (χ0) is 12.7. The van der Waals surface area contributed by atoms with E-state index in [4.69, 9.17) is 14.2 Å². The van der Waals surface area contributed by atoms with E-state index in [1.807, 2.05) is 0 Å². The number of aliphatic hydroxyl groups excluding tert-OH is 1. The largest absolute Gasteiger partial charge is 0.496 e. The van der Waals surface area contributed by atoms with Gasteiger partial charge in [0.1, 0.15) is 17.7 Å². The van der Waals surface area contributed by atoms with Crippen LogP contribution in [0, 0.1) is 5.82 Å². The van der Waals surface area contributed by atoms with Gasteiger partial charge in [-0.2, -0.15) is 0 Å². The fourth-order valence-electron chi connectivity index (χ4n) is 1.39. The normalized spacial score (nSPS) is 12.5. The molecule has 0 fully saturated rings. The van der Waals surface area contributed by atoms with Crippen LogP contribution in [-0.2, 0) is 9.47 Å². The molecule has 4 nitrogen and oxygen atoms in total. The molecule has 1 aromatic rings. The maximum atomic E-state index is 13.1. The van der Waals surface area contributed by atoms with E-state index in [1.165, 1.54) is 25.3 Å². The van der Waals surface area contributed by atoms with Crippen molar-refractivity contribution in [2.24, 2.45) is 0 Å². The topological polar surface area (TPSA) is 47.9 Å². The van der Waals surface area contributed by atoms with Gasteiger partial charge in [-0.1, -0.05) is 0 Å². The summed E-state index contributed by atoms with van der Waals surface area (Å²) >= 11 is 0. The van der Waals surface area contributed by atoms with Gasteiger partial charge >= 0.3 is 0 Å². The van der Waals surface area contributed by atoms with Gasteiger partial charge < -0.3 is 19.3 Å². The number of ether oxygens (including phenoxy) is 3. The molecule has 17 heavy (non-hydrogen) atoms. The van der Waals surface area contributed by atoms with Crippen molar-refractivity contribution in [3.05, 3.63) is 29.6 Å². The molecule has 0 bridgehead atoms. The van der Waals surface area contributed by atoms with Gasteiger partial charge in [0.15, 0.2) is 0 Å². The number of hydrogen-bond donors (Lipinski definition) is 1. The Hall–Kier alpha value is -1.17. The van der Waals surface area contributed by atoms with E-state index >= 15 is 0 Å². The third-order valence-electron chi connectivity index (χ3n) is 2.26. The highest BCUT2D eigenvalue weighted by molar-refractivity contribution is 5.35. The Balaban J connectivity index is 2.60. The molecule has 1 aromatic carbocycles. The first-order valence-electron chi connectivity index (χ1n) is 5.27. The molecule has 1 atom stereocenters. The summed E-state index contributed by atoms with van der Waals surface area (Å²) in [4.78, 5) is 0. The number of methoxy groups -OCH3 is 2. The summed E-state index contributed by atoms with van der Waals surface area (Å²) in [6, 6.07) is 3.99. The molecule has 0 aliphatic rings. The van der Waals surface area contributed by atoms with Crippen molar-refractivity contribution in [3.63, 3.8) is 0 Å². The van der Waals surface area contributed by atoms with Crippen molar-refractivity contribution >= 4 is 0 Å². The Bertz CT molecular complexity index is 343. The summed E-state index contributed by atoms with van der Waals surface area (Å²) < 4.78 is 28.1. The van der Waals surface area contributed by atoms with Crippen LogP contribution in [0.4, 0.5) is 4.39 Å². The Labute approximate surface area is 99.9 Å². The molecule has 0 heterocycles. The Morgan fingerprint density at radius 2 is 2.06 bits per heavy atom. The molecule has 5 heteroatoms. The summed E-state index contributed by atoms with van der Waals surface area (Å²) in [5.41, 5.74) is 0.380. The monoisotopic (exact) mass is 244 g/mol. The number of halogens is 1. The molecule has 0 aliphatic carbocycles. The smallest absolute Gasteiger partial charge is 0.124 e. The van der Waals surface area contributed by atoms with Crippen LogP contribution in [0.3, 0.4) is 0 Å². The standard InChI is InChI=1S/C12H17FO4/c1-15-5-6-17-8-11(14)10-7-9(13)3-4-12(10)16-2/h3-4,7,11,14H,5-6,8H2,1-2H3. The molecular weight excluding hydrogens is 227 g/mol. The summed E-state index contributed by atoms with van der Waals surface area (Å²) in [6.45, 7) is 0.904. The SMILES string of the molecule is COCCOCC(O)c1cc(F)ccc1OC. The third-order valence-corrected chi connectivity index (χ3v) is 2.26. The van der Waals surface area contributed by atoms with Crippen molar-refractivity contribution in [1.82, 2.24) is 0 Å². The minimum Gasteiger partial charge on any atom is -0.496 e. The number of rotatable bonds is 7. The average molecular weight is 244 g/mol. The molecule has 0 aliphatic heterocycles. The summed E-state index contributed by atoms with van der Waals surface area (Å²) in [5.74, 6) is 0.0194. The number of aliphatic hydroxyl groups is 1. The first-order chi connectivity index (χ1) is 8.19. The summed E-state index contributed by atoms with van der Waals surface area (Å²) in [7, 11) is 3.03. The predicted molar refractivity (Wildman–Crippen MR) is 60.6 cm³/mol. The van der Waals surface area contributed by atoms with Gasteiger partial charge in [0.05, 0.1) is 26.9 Å². The number of hydrogen-bond acceptors (Lipinski definition) is 4. The fraction of sp³-hybridized carbons (Fsp3) is 0.500. The lowest BCUT2D eigenvalue weighted by atomic mass is 10.1. The van der Waals surface area contributed by atoms with Gasteiger partial charge in [-0.25, -0.2) is 4.39 Å². The van der Waals surface area contributed by atoms with Crippen LogP contribution in [0.1, 0.15) is 11.7 Å². The molecule has 0 aromatic heterocycles. The highest BCUT2D eigenvalue weighted by Gasteiger charge is 2.14. The van der Waals surface area contributed by atoms with Crippen LogP contribution in [0.15, 0.2) is 18.2 Å². The zero-order valence-electron chi connectivity index (χ0n) is 9.98. The van der Waals surface area contributed by atoms with E-state index in [0.29, 0.717) is 24.5 Å². The first kappa shape index (κ1) is 13.9.